The molecule has 0 spiro atoms. The Balaban J connectivity index is 1.56. The maximum absolute atomic E-state index is 13.0. The van der Waals surface area contributed by atoms with E-state index in [1.165, 1.54) is 16.4 Å². The first-order chi connectivity index (χ1) is 16.6. The summed E-state index contributed by atoms with van der Waals surface area (Å²) in [5.41, 5.74) is 0.437. The minimum atomic E-state index is -4.61. The number of benzene rings is 2. The number of nitrogens with zero attached hydrogens (tertiary/aromatic N) is 1. The molecular formula is C23H23F3N2O6S. The summed E-state index contributed by atoms with van der Waals surface area (Å²) in [6, 6.07) is 8.43. The molecule has 0 bridgehead atoms. The third-order valence-electron chi connectivity index (χ3n) is 5.38. The molecular weight excluding hydrogens is 489 g/mol. The Hall–Kier alpha value is -3.25. The van der Waals surface area contributed by atoms with Gasteiger partial charge in [0.05, 0.1) is 10.6 Å². The monoisotopic (exact) mass is 512 g/mol. The van der Waals surface area contributed by atoms with Crippen molar-refractivity contribution in [2.24, 2.45) is 0 Å². The minimum absolute atomic E-state index is 0.0976. The van der Waals surface area contributed by atoms with Crippen LogP contribution in [0.3, 0.4) is 0 Å². The van der Waals surface area contributed by atoms with Gasteiger partial charge in [-0.2, -0.15) is 17.5 Å². The van der Waals surface area contributed by atoms with Gasteiger partial charge < -0.3 is 19.5 Å². The van der Waals surface area contributed by atoms with Gasteiger partial charge in [-0.05, 0) is 54.8 Å². The number of hydrogen-bond donors (Lipinski definition) is 1. The van der Waals surface area contributed by atoms with Crippen molar-refractivity contribution in [3.63, 3.8) is 0 Å². The zero-order chi connectivity index (χ0) is 25.1. The van der Waals surface area contributed by atoms with Crippen LogP contribution < -0.4 is 19.5 Å². The highest BCUT2D eigenvalue weighted by atomic mass is 32.2. The van der Waals surface area contributed by atoms with E-state index >= 15 is 0 Å². The molecule has 1 fully saturated rings. The molecule has 0 atom stereocenters. The van der Waals surface area contributed by atoms with Gasteiger partial charge in [-0.15, -0.1) is 0 Å². The average Bonchev–Trinajstić information content (AvgIpc) is 3.30. The predicted molar refractivity (Wildman–Crippen MR) is 121 cm³/mol. The van der Waals surface area contributed by atoms with Crippen molar-refractivity contribution in [1.82, 2.24) is 4.31 Å². The maximum Gasteiger partial charge on any atom is 0.422 e. The molecule has 0 aromatic heterocycles. The van der Waals surface area contributed by atoms with Crippen molar-refractivity contribution < 1.29 is 40.6 Å². The highest BCUT2D eigenvalue weighted by Crippen LogP contribution is 2.33. The maximum atomic E-state index is 13.0. The number of anilines is 1. The smallest absolute Gasteiger partial charge is 0.422 e. The second kappa shape index (κ2) is 10.2. The summed E-state index contributed by atoms with van der Waals surface area (Å²) in [6.07, 6.45) is 0.394. The number of carbonyl (C=O) groups excluding carboxylic acids is 1. The quantitative estimate of drug-likeness (QED) is 0.560. The highest BCUT2D eigenvalue weighted by Gasteiger charge is 2.30. The number of rotatable bonds is 7. The molecule has 8 nitrogen and oxygen atoms in total. The Morgan fingerprint density at radius 2 is 1.80 bits per heavy atom. The lowest BCUT2D eigenvalue weighted by Crippen LogP contribution is -2.35. The van der Waals surface area contributed by atoms with E-state index in [4.69, 9.17) is 14.2 Å². The van der Waals surface area contributed by atoms with Crippen LogP contribution in [0.15, 0.2) is 47.4 Å². The van der Waals surface area contributed by atoms with Crippen LogP contribution in [0.1, 0.15) is 24.8 Å². The molecule has 188 valence electrons. The minimum Gasteiger partial charge on any atom is -0.482 e. The molecule has 1 N–H and O–H groups in total. The number of halogens is 3. The van der Waals surface area contributed by atoms with Gasteiger partial charge in [0, 0.05) is 19.2 Å². The molecule has 0 saturated carbocycles. The van der Waals surface area contributed by atoms with Gasteiger partial charge in [0.25, 0.3) is 0 Å². The number of ether oxygens (including phenoxy) is 3. The summed E-state index contributed by atoms with van der Waals surface area (Å²) < 4.78 is 80.8. The van der Waals surface area contributed by atoms with Gasteiger partial charge in [0.2, 0.25) is 22.7 Å². The second-order valence-corrected chi connectivity index (χ2v) is 9.90. The summed E-state index contributed by atoms with van der Waals surface area (Å²) in [4.78, 5) is 12.4. The van der Waals surface area contributed by atoms with E-state index in [0.717, 1.165) is 37.5 Å². The largest absolute Gasteiger partial charge is 0.482 e. The fourth-order valence-electron chi connectivity index (χ4n) is 3.67. The zero-order valence-electron chi connectivity index (χ0n) is 18.5. The van der Waals surface area contributed by atoms with E-state index in [1.807, 2.05) is 0 Å². The second-order valence-electron chi connectivity index (χ2n) is 7.96. The molecule has 1 amide bonds. The van der Waals surface area contributed by atoms with Crippen LogP contribution >= 0.6 is 0 Å². The third kappa shape index (κ3) is 6.25. The highest BCUT2D eigenvalue weighted by molar-refractivity contribution is 7.89. The first-order valence-electron chi connectivity index (χ1n) is 10.8. The fourth-order valence-corrected chi connectivity index (χ4v) is 5.21. The Bertz CT molecular complexity index is 1220. The number of sulfonamides is 1. The van der Waals surface area contributed by atoms with Crippen LogP contribution in [0, 0.1) is 0 Å². The van der Waals surface area contributed by atoms with Gasteiger partial charge in [-0.1, -0.05) is 12.5 Å². The molecule has 1 saturated heterocycles. The molecule has 0 aliphatic carbocycles. The normalized spacial score (nSPS) is 16.4. The molecule has 2 aromatic carbocycles. The van der Waals surface area contributed by atoms with Crippen LogP contribution in [0.5, 0.6) is 17.2 Å². The standard InChI is InChI=1S/C23H23F3N2O6S/c24-23(25,26)14-32-19-8-6-17(35(30,31)28-10-2-1-3-11-28)13-18(19)27-22(29)9-5-16-4-7-20-21(12-16)34-15-33-20/h4-9,12-13H,1-3,10-11,14-15H2,(H,27,29)/b9-5+. The summed E-state index contributed by atoms with van der Waals surface area (Å²) >= 11 is 0. The van der Waals surface area contributed by atoms with Crippen molar-refractivity contribution in [1.29, 1.82) is 0 Å². The Morgan fingerprint density at radius 1 is 1.06 bits per heavy atom. The molecule has 2 aromatic rings. The predicted octanol–water partition coefficient (Wildman–Crippen LogP) is 4.18. The number of hydrogen-bond acceptors (Lipinski definition) is 6. The van der Waals surface area contributed by atoms with E-state index < -0.39 is 28.7 Å². The number of piperidine rings is 1. The molecule has 35 heavy (non-hydrogen) atoms. The summed E-state index contributed by atoms with van der Waals surface area (Å²) in [5.74, 6) is 0.104. The van der Waals surface area contributed by atoms with Crippen LogP contribution in [0.4, 0.5) is 18.9 Å². The Morgan fingerprint density at radius 3 is 2.54 bits per heavy atom. The molecule has 12 heteroatoms. The van der Waals surface area contributed by atoms with E-state index in [0.29, 0.717) is 30.2 Å². The summed E-state index contributed by atoms with van der Waals surface area (Å²) in [7, 11) is -3.88. The number of carbonyl (C=O) groups is 1. The van der Waals surface area contributed by atoms with Crippen LogP contribution in [0.2, 0.25) is 0 Å². The van der Waals surface area contributed by atoms with Crippen molar-refractivity contribution in [3.05, 3.63) is 48.0 Å². The van der Waals surface area contributed by atoms with Crippen LogP contribution in [-0.2, 0) is 14.8 Å². The molecule has 0 unspecified atom stereocenters. The molecule has 0 radical (unpaired) electrons. The number of fused-ring (bicyclic) bond motifs is 1. The lowest BCUT2D eigenvalue weighted by molar-refractivity contribution is -0.153. The van der Waals surface area contributed by atoms with Crippen molar-refractivity contribution in [2.45, 2.75) is 30.3 Å². The average molecular weight is 513 g/mol. The van der Waals surface area contributed by atoms with Crippen molar-refractivity contribution >= 4 is 27.7 Å². The van der Waals surface area contributed by atoms with Crippen molar-refractivity contribution in [2.75, 3.05) is 31.8 Å². The SMILES string of the molecule is O=C(/C=C/c1ccc2c(c1)OCO2)Nc1cc(S(=O)(=O)N2CCCCC2)ccc1OCC(F)(F)F. The van der Waals surface area contributed by atoms with E-state index in [9.17, 15) is 26.4 Å². The summed E-state index contributed by atoms with van der Waals surface area (Å²) in [6.45, 7) is -0.787. The lowest BCUT2D eigenvalue weighted by atomic mass is 10.2. The fraction of sp³-hybridized carbons (Fsp3) is 0.348. The van der Waals surface area contributed by atoms with Gasteiger partial charge in [-0.25, -0.2) is 8.42 Å². The zero-order valence-corrected chi connectivity index (χ0v) is 19.3. The molecule has 2 aliphatic heterocycles. The molecule has 2 aliphatic rings. The summed E-state index contributed by atoms with van der Waals surface area (Å²) in [5, 5.41) is 2.43. The van der Waals surface area contributed by atoms with E-state index in [1.54, 1.807) is 18.2 Å². The number of alkyl halides is 3. The van der Waals surface area contributed by atoms with Gasteiger partial charge in [0.1, 0.15) is 5.75 Å². The molecule has 2 heterocycles. The van der Waals surface area contributed by atoms with Gasteiger partial charge in [0.15, 0.2) is 18.1 Å². The van der Waals surface area contributed by atoms with Crippen molar-refractivity contribution in [3.8, 4) is 17.2 Å². The topological polar surface area (TPSA) is 94.2 Å². The molecule has 4 rings (SSSR count). The van der Waals surface area contributed by atoms with E-state index in [-0.39, 0.29) is 23.1 Å². The number of amides is 1. The van der Waals surface area contributed by atoms with E-state index in [2.05, 4.69) is 5.32 Å². The number of nitrogens with one attached hydrogen (secondary N) is 1. The lowest BCUT2D eigenvalue weighted by Gasteiger charge is -2.26. The van der Waals surface area contributed by atoms with Gasteiger partial charge >= 0.3 is 6.18 Å². The van der Waals surface area contributed by atoms with Crippen LogP contribution in [0.25, 0.3) is 6.08 Å². The first kappa shape index (κ1) is 24.9. The van der Waals surface area contributed by atoms with Gasteiger partial charge in [-0.3, -0.25) is 4.79 Å². The Kier molecular flexibility index (Phi) is 7.22. The van der Waals surface area contributed by atoms with Crippen LogP contribution in [-0.4, -0.2) is 51.3 Å². The first-order valence-corrected chi connectivity index (χ1v) is 12.3. The third-order valence-corrected chi connectivity index (χ3v) is 7.27. The Labute approximate surface area is 200 Å².